The first-order valence-electron chi connectivity index (χ1n) is 5.49. The van der Waals surface area contributed by atoms with Gasteiger partial charge in [0.1, 0.15) is 17.6 Å². The molecule has 0 aliphatic carbocycles. The highest BCUT2D eigenvalue weighted by atomic mass is 19.1. The number of piperazine rings is 1. The number of anilines is 1. The Morgan fingerprint density at radius 1 is 1.41 bits per heavy atom. The minimum absolute atomic E-state index is 0.281. The number of methoxy groups -OCH3 is 1. The molecule has 0 bridgehead atoms. The first kappa shape index (κ1) is 11.7. The minimum atomic E-state index is -0.345. The number of nitrogens with zero attached hydrogens (tertiary/aromatic N) is 2. The number of halogens is 1. The zero-order valence-corrected chi connectivity index (χ0v) is 9.66. The summed E-state index contributed by atoms with van der Waals surface area (Å²) in [4.78, 5) is 1.94. The van der Waals surface area contributed by atoms with Crippen molar-refractivity contribution in [1.29, 1.82) is 5.26 Å². The second kappa shape index (κ2) is 5.02. The summed E-state index contributed by atoms with van der Waals surface area (Å²) in [7, 11) is 1.43. The Labute approximate surface area is 99.6 Å². The van der Waals surface area contributed by atoms with Gasteiger partial charge in [-0.15, -0.1) is 0 Å². The molecule has 4 nitrogen and oxygen atoms in total. The first-order chi connectivity index (χ1) is 8.26. The standard InChI is InChI=1S/C12H14FN3O/c1-17-12-7-10(13)11(6-9(12)8-14)16-4-2-15-3-5-16/h6-7,15H,2-5H2,1H3. The van der Waals surface area contributed by atoms with E-state index in [1.807, 2.05) is 11.0 Å². The third kappa shape index (κ3) is 2.32. The van der Waals surface area contributed by atoms with Crippen molar-refractivity contribution in [3.8, 4) is 11.8 Å². The third-order valence-corrected chi connectivity index (χ3v) is 2.85. The highest BCUT2D eigenvalue weighted by Crippen LogP contribution is 2.28. The number of ether oxygens (including phenoxy) is 1. The second-order valence-electron chi connectivity index (χ2n) is 3.85. The van der Waals surface area contributed by atoms with E-state index in [-0.39, 0.29) is 11.6 Å². The highest BCUT2D eigenvalue weighted by Gasteiger charge is 2.17. The summed E-state index contributed by atoms with van der Waals surface area (Å²) in [6.45, 7) is 3.14. The highest BCUT2D eigenvalue weighted by molar-refractivity contribution is 5.58. The predicted octanol–water partition coefficient (Wildman–Crippen LogP) is 1.12. The average molecular weight is 235 g/mol. The molecular formula is C12H14FN3O. The van der Waals surface area contributed by atoms with E-state index in [4.69, 9.17) is 10.00 Å². The maximum Gasteiger partial charge on any atom is 0.150 e. The zero-order chi connectivity index (χ0) is 12.3. The van der Waals surface area contributed by atoms with E-state index < -0.39 is 0 Å². The molecule has 1 fully saturated rings. The van der Waals surface area contributed by atoms with Gasteiger partial charge in [-0.1, -0.05) is 0 Å². The van der Waals surface area contributed by atoms with E-state index in [9.17, 15) is 4.39 Å². The van der Waals surface area contributed by atoms with Crippen molar-refractivity contribution in [2.75, 3.05) is 38.2 Å². The Kier molecular flexibility index (Phi) is 3.45. The first-order valence-corrected chi connectivity index (χ1v) is 5.49. The third-order valence-electron chi connectivity index (χ3n) is 2.85. The van der Waals surface area contributed by atoms with Crippen LogP contribution < -0.4 is 15.0 Å². The number of nitriles is 1. The zero-order valence-electron chi connectivity index (χ0n) is 9.66. The van der Waals surface area contributed by atoms with Gasteiger partial charge in [0.2, 0.25) is 0 Å². The normalized spacial score (nSPS) is 15.5. The molecule has 1 saturated heterocycles. The molecule has 0 spiro atoms. The molecule has 0 aromatic heterocycles. The summed E-state index contributed by atoms with van der Waals surface area (Å²) in [6, 6.07) is 4.85. The summed E-state index contributed by atoms with van der Waals surface area (Å²) in [5.74, 6) is -0.0633. The Balaban J connectivity index is 2.37. The molecule has 1 N–H and O–H groups in total. The lowest BCUT2D eigenvalue weighted by Crippen LogP contribution is -2.43. The maximum absolute atomic E-state index is 13.9. The molecule has 17 heavy (non-hydrogen) atoms. The van der Waals surface area contributed by atoms with E-state index in [0.29, 0.717) is 11.3 Å². The van der Waals surface area contributed by atoms with Gasteiger partial charge in [-0.2, -0.15) is 5.26 Å². The van der Waals surface area contributed by atoms with Crippen molar-refractivity contribution < 1.29 is 9.13 Å². The van der Waals surface area contributed by atoms with Crippen molar-refractivity contribution in [3.05, 3.63) is 23.5 Å². The maximum atomic E-state index is 13.9. The molecule has 0 saturated carbocycles. The van der Waals surface area contributed by atoms with Crippen LogP contribution in [0.5, 0.6) is 5.75 Å². The molecule has 0 amide bonds. The Morgan fingerprint density at radius 2 is 2.12 bits per heavy atom. The van der Waals surface area contributed by atoms with Crippen molar-refractivity contribution in [2.45, 2.75) is 0 Å². The van der Waals surface area contributed by atoms with Gasteiger partial charge in [0, 0.05) is 32.2 Å². The SMILES string of the molecule is COc1cc(F)c(N2CCNCC2)cc1C#N. The summed E-state index contributed by atoms with van der Waals surface area (Å²) in [5, 5.41) is 12.2. The van der Waals surface area contributed by atoms with E-state index in [1.54, 1.807) is 6.07 Å². The van der Waals surface area contributed by atoms with Crippen LogP contribution in [0.3, 0.4) is 0 Å². The lowest BCUT2D eigenvalue weighted by Gasteiger charge is -2.30. The lowest BCUT2D eigenvalue weighted by atomic mass is 10.1. The minimum Gasteiger partial charge on any atom is -0.495 e. The molecule has 1 heterocycles. The summed E-state index contributed by atoms with van der Waals surface area (Å²) in [6.07, 6.45) is 0. The van der Waals surface area contributed by atoms with Gasteiger partial charge >= 0.3 is 0 Å². The van der Waals surface area contributed by atoms with Crippen LogP contribution in [-0.4, -0.2) is 33.3 Å². The van der Waals surface area contributed by atoms with Gasteiger partial charge in [0.25, 0.3) is 0 Å². The van der Waals surface area contributed by atoms with Gasteiger partial charge in [0.15, 0.2) is 0 Å². The van der Waals surface area contributed by atoms with E-state index in [0.717, 1.165) is 26.2 Å². The number of rotatable bonds is 2. The predicted molar refractivity (Wildman–Crippen MR) is 62.7 cm³/mol. The molecule has 1 aromatic carbocycles. The largest absolute Gasteiger partial charge is 0.495 e. The Morgan fingerprint density at radius 3 is 2.71 bits per heavy atom. The summed E-state index contributed by atoms with van der Waals surface area (Å²) >= 11 is 0. The van der Waals surface area contributed by atoms with Crippen LogP contribution in [0.15, 0.2) is 12.1 Å². The van der Waals surface area contributed by atoms with Crippen molar-refractivity contribution in [2.24, 2.45) is 0 Å². The number of benzene rings is 1. The van der Waals surface area contributed by atoms with Crippen LogP contribution in [0.2, 0.25) is 0 Å². The van der Waals surface area contributed by atoms with Gasteiger partial charge in [0.05, 0.1) is 18.4 Å². The molecular weight excluding hydrogens is 221 g/mol. The fraction of sp³-hybridized carbons (Fsp3) is 0.417. The fourth-order valence-corrected chi connectivity index (χ4v) is 1.95. The topological polar surface area (TPSA) is 48.3 Å². The molecule has 1 aromatic rings. The number of nitrogens with one attached hydrogen (secondary N) is 1. The summed E-state index contributed by atoms with van der Waals surface area (Å²) < 4.78 is 18.9. The number of hydrogen-bond donors (Lipinski definition) is 1. The van der Waals surface area contributed by atoms with Crippen LogP contribution >= 0.6 is 0 Å². The monoisotopic (exact) mass is 235 g/mol. The quantitative estimate of drug-likeness (QED) is 0.834. The van der Waals surface area contributed by atoms with Gasteiger partial charge < -0.3 is 15.0 Å². The van der Waals surface area contributed by atoms with Crippen LogP contribution in [0.4, 0.5) is 10.1 Å². The van der Waals surface area contributed by atoms with Crippen LogP contribution in [0, 0.1) is 17.1 Å². The van der Waals surface area contributed by atoms with Crippen molar-refractivity contribution in [1.82, 2.24) is 5.32 Å². The van der Waals surface area contributed by atoms with Gasteiger partial charge in [-0.05, 0) is 6.07 Å². The fourth-order valence-electron chi connectivity index (χ4n) is 1.95. The van der Waals surface area contributed by atoms with Gasteiger partial charge in [-0.3, -0.25) is 0 Å². The van der Waals surface area contributed by atoms with Crippen LogP contribution in [0.25, 0.3) is 0 Å². The smallest absolute Gasteiger partial charge is 0.150 e. The van der Waals surface area contributed by atoms with Crippen LogP contribution in [0.1, 0.15) is 5.56 Å². The van der Waals surface area contributed by atoms with Crippen molar-refractivity contribution in [3.63, 3.8) is 0 Å². The molecule has 0 radical (unpaired) electrons. The Hall–Kier alpha value is -1.80. The van der Waals surface area contributed by atoms with E-state index in [2.05, 4.69) is 5.32 Å². The average Bonchev–Trinajstić information content (AvgIpc) is 2.39. The van der Waals surface area contributed by atoms with Crippen molar-refractivity contribution >= 4 is 5.69 Å². The molecule has 90 valence electrons. The molecule has 0 unspecified atom stereocenters. The Bertz CT molecular complexity index is 450. The molecule has 1 aliphatic rings. The summed E-state index contributed by atoms with van der Waals surface area (Å²) in [5.41, 5.74) is 0.839. The van der Waals surface area contributed by atoms with Crippen LogP contribution in [-0.2, 0) is 0 Å². The molecule has 0 atom stereocenters. The van der Waals surface area contributed by atoms with Gasteiger partial charge in [-0.25, -0.2) is 4.39 Å². The van der Waals surface area contributed by atoms with E-state index >= 15 is 0 Å². The second-order valence-corrected chi connectivity index (χ2v) is 3.85. The molecule has 1 aliphatic heterocycles. The molecule has 5 heteroatoms. The van der Waals surface area contributed by atoms with E-state index in [1.165, 1.54) is 13.2 Å². The molecule has 2 rings (SSSR count). The number of hydrogen-bond acceptors (Lipinski definition) is 4. The lowest BCUT2D eigenvalue weighted by molar-refractivity contribution is 0.410.